The Morgan fingerprint density at radius 3 is 2.76 bits per heavy atom. The molecule has 6 heteroatoms. The number of amides is 1. The summed E-state index contributed by atoms with van der Waals surface area (Å²) >= 11 is 0. The number of benzene rings is 1. The van der Waals surface area contributed by atoms with Crippen LogP contribution in [0.25, 0.3) is 11.4 Å². The van der Waals surface area contributed by atoms with Gasteiger partial charge in [0.05, 0.1) is 0 Å². The molecule has 3 rings (SSSR count). The van der Waals surface area contributed by atoms with Crippen molar-refractivity contribution in [3.63, 3.8) is 0 Å². The number of aromatic nitrogens is 3. The minimum Gasteiger partial charge on any atom is -0.339 e. The van der Waals surface area contributed by atoms with E-state index in [1.54, 1.807) is 12.4 Å². The fourth-order valence-electron chi connectivity index (χ4n) is 2.46. The van der Waals surface area contributed by atoms with Gasteiger partial charge in [-0.15, -0.1) is 0 Å². The molecule has 0 atom stereocenters. The molecule has 1 amide bonds. The molecule has 0 aliphatic heterocycles. The Balaban J connectivity index is 1.50. The summed E-state index contributed by atoms with van der Waals surface area (Å²) in [5, 5.41) is 6.91. The van der Waals surface area contributed by atoms with Crippen LogP contribution in [0.15, 0.2) is 47.2 Å². The van der Waals surface area contributed by atoms with Gasteiger partial charge in [0.25, 0.3) is 0 Å². The van der Waals surface area contributed by atoms with E-state index in [4.69, 9.17) is 4.52 Å². The summed E-state index contributed by atoms with van der Waals surface area (Å²) < 4.78 is 5.24. The van der Waals surface area contributed by atoms with E-state index in [0.29, 0.717) is 31.0 Å². The number of hydrogen-bond donors (Lipinski definition) is 1. The maximum absolute atomic E-state index is 12.1. The van der Waals surface area contributed by atoms with Gasteiger partial charge in [-0.3, -0.25) is 9.78 Å². The summed E-state index contributed by atoms with van der Waals surface area (Å²) in [5.74, 6) is 1.06. The van der Waals surface area contributed by atoms with Crippen LogP contribution in [-0.2, 0) is 11.2 Å². The Morgan fingerprint density at radius 2 is 1.96 bits per heavy atom. The molecule has 0 saturated heterocycles. The van der Waals surface area contributed by atoms with Gasteiger partial charge in [0.2, 0.25) is 17.6 Å². The molecule has 0 unspecified atom stereocenters. The van der Waals surface area contributed by atoms with Crippen LogP contribution in [0.2, 0.25) is 0 Å². The van der Waals surface area contributed by atoms with Crippen LogP contribution < -0.4 is 5.32 Å². The lowest BCUT2D eigenvalue weighted by Crippen LogP contribution is -2.12. The highest BCUT2D eigenvalue weighted by molar-refractivity contribution is 5.91. The van der Waals surface area contributed by atoms with E-state index in [0.717, 1.165) is 22.4 Å². The number of carbonyl (C=O) groups excluding carboxylic acids is 1. The molecule has 0 fully saturated rings. The molecule has 1 aromatic carbocycles. The minimum atomic E-state index is -0.0115. The van der Waals surface area contributed by atoms with Gasteiger partial charge >= 0.3 is 0 Å². The van der Waals surface area contributed by atoms with Crippen molar-refractivity contribution in [3.05, 3.63) is 59.7 Å². The highest BCUT2D eigenvalue weighted by atomic mass is 16.5. The number of nitrogens with one attached hydrogen (secondary N) is 1. The Morgan fingerprint density at radius 1 is 1.16 bits per heavy atom. The Hall–Kier alpha value is -3.02. The van der Waals surface area contributed by atoms with E-state index in [2.05, 4.69) is 20.4 Å². The van der Waals surface area contributed by atoms with Crippen molar-refractivity contribution in [2.24, 2.45) is 0 Å². The molecule has 6 nitrogen and oxygen atoms in total. The molecule has 128 valence electrons. The SMILES string of the molecule is Cc1ccc(C)c(NC(=O)CCCc2nc(-c3ccncc3)no2)c1. The number of carbonyl (C=O) groups is 1. The summed E-state index contributed by atoms with van der Waals surface area (Å²) in [6.07, 6.45) is 4.99. The predicted molar refractivity (Wildman–Crippen MR) is 95.0 cm³/mol. The topological polar surface area (TPSA) is 80.9 Å². The van der Waals surface area contributed by atoms with Crippen molar-refractivity contribution in [3.8, 4) is 11.4 Å². The quantitative estimate of drug-likeness (QED) is 0.742. The number of rotatable bonds is 6. The first kappa shape index (κ1) is 16.8. The second-order valence-corrected chi connectivity index (χ2v) is 5.97. The molecule has 25 heavy (non-hydrogen) atoms. The third-order valence-electron chi connectivity index (χ3n) is 3.87. The molecule has 0 saturated carbocycles. The van der Waals surface area contributed by atoms with Crippen molar-refractivity contribution >= 4 is 11.6 Å². The van der Waals surface area contributed by atoms with Crippen molar-refractivity contribution in [1.82, 2.24) is 15.1 Å². The van der Waals surface area contributed by atoms with Crippen LogP contribution >= 0.6 is 0 Å². The van der Waals surface area contributed by atoms with Gasteiger partial charge in [-0.25, -0.2) is 0 Å². The average molecular weight is 336 g/mol. The summed E-state index contributed by atoms with van der Waals surface area (Å²) in [4.78, 5) is 20.4. The first-order chi connectivity index (χ1) is 12.1. The lowest BCUT2D eigenvalue weighted by atomic mass is 10.1. The molecule has 1 N–H and O–H groups in total. The summed E-state index contributed by atoms with van der Waals surface area (Å²) in [5.41, 5.74) is 3.90. The van der Waals surface area contributed by atoms with Gasteiger partial charge in [-0.05, 0) is 49.6 Å². The lowest BCUT2D eigenvalue weighted by molar-refractivity contribution is -0.116. The van der Waals surface area contributed by atoms with E-state index < -0.39 is 0 Å². The zero-order valence-electron chi connectivity index (χ0n) is 14.3. The normalized spacial score (nSPS) is 10.6. The highest BCUT2D eigenvalue weighted by Gasteiger charge is 2.10. The summed E-state index contributed by atoms with van der Waals surface area (Å²) in [6, 6.07) is 9.66. The number of aryl methyl sites for hydroxylation is 3. The zero-order valence-corrected chi connectivity index (χ0v) is 14.3. The molecule has 0 aliphatic carbocycles. The van der Waals surface area contributed by atoms with Crippen LogP contribution in [0.3, 0.4) is 0 Å². The fourth-order valence-corrected chi connectivity index (χ4v) is 2.46. The largest absolute Gasteiger partial charge is 0.339 e. The van der Waals surface area contributed by atoms with Gasteiger partial charge < -0.3 is 9.84 Å². The lowest BCUT2D eigenvalue weighted by Gasteiger charge is -2.08. The second-order valence-electron chi connectivity index (χ2n) is 5.97. The van der Waals surface area contributed by atoms with Gasteiger partial charge in [0, 0.05) is 36.5 Å². The zero-order chi connectivity index (χ0) is 17.6. The van der Waals surface area contributed by atoms with Gasteiger partial charge in [0.15, 0.2) is 0 Å². The number of anilines is 1. The van der Waals surface area contributed by atoms with Crippen molar-refractivity contribution < 1.29 is 9.32 Å². The molecule has 0 spiro atoms. The van der Waals surface area contributed by atoms with Crippen LogP contribution in [0.5, 0.6) is 0 Å². The molecular weight excluding hydrogens is 316 g/mol. The number of hydrogen-bond acceptors (Lipinski definition) is 5. The van der Waals surface area contributed by atoms with Gasteiger partial charge in [-0.2, -0.15) is 4.98 Å². The monoisotopic (exact) mass is 336 g/mol. The first-order valence-electron chi connectivity index (χ1n) is 8.22. The number of nitrogens with zero attached hydrogens (tertiary/aromatic N) is 3. The van der Waals surface area contributed by atoms with E-state index in [1.165, 1.54) is 0 Å². The minimum absolute atomic E-state index is 0.0115. The van der Waals surface area contributed by atoms with Crippen molar-refractivity contribution in [1.29, 1.82) is 0 Å². The molecule has 3 aromatic rings. The van der Waals surface area contributed by atoms with E-state index in [1.807, 2.05) is 44.2 Å². The first-order valence-corrected chi connectivity index (χ1v) is 8.22. The molecule has 0 radical (unpaired) electrons. The standard InChI is InChI=1S/C19H20N4O2/c1-13-6-7-14(2)16(12-13)21-17(24)4-3-5-18-22-19(23-25-18)15-8-10-20-11-9-15/h6-12H,3-5H2,1-2H3,(H,21,24). The van der Waals surface area contributed by atoms with Crippen LogP contribution in [0, 0.1) is 13.8 Å². The predicted octanol–water partition coefficient (Wildman–Crippen LogP) is 3.71. The second kappa shape index (κ2) is 7.70. The summed E-state index contributed by atoms with van der Waals surface area (Å²) in [6.45, 7) is 3.99. The van der Waals surface area contributed by atoms with E-state index in [-0.39, 0.29) is 5.91 Å². The van der Waals surface area contributed by atoms with Gasteiger partial charge in [-0.1, -0.05) is 17.3 Å². The molecular formula is C19H20N4O2. The van der Waals surface area contributed by atoms with Crippen LogP contribution in [0.4, 0.5) is 5.69 Å². The fraction of sp³-hybridized carbons (Fsp3) is 0.263. The van der Waals surface area contributed by atoms with Crippen molar-refractivity contribution in [2.45, 2.75) is 33.1 Å². The summed E-state index contributed by atoms with van der Waals surface area (Å²) in [7, 11) is 0. The highest BCUT2D eigenvalue weighted by Crippen LogP contribution is 2.17. The Bertz CT molecular complexity index is 859. The Kier molecular flexibility index (Phi) is 5.18. The smallest absolute Gasteiger partial charge is 0.226 e. The van der Waals surface area contributed by atoms with Gasteiger partial charge in [0.1, 0.15) is 0 Å². The molecule has 2 aromatic heterocycles. The molecule has 0 bridgehead atoms. The number of pyridine rings is 1. The van der Waals surface area contributed by atoms with Crippen LogP contribution in [0.1, 0.15) is 29.9 Å². The molecule has 2 heterocycles. The third kappa shape index (κ3) is 4.50. The average Bonchev–Trinajstić information content (AvgIpc) is 3.08. The van der Waals surface area contributed by atoms with Crippen molar-refractivity contribution in [2.75, 3.05) is 5.32 Å². The van der Waals surface area contributed by atoms with E-state index >= 15 is 0 Å². The third-order valence-corrected chi connectivity index (χ3v) is 3.87. The van der Waals surface area contributed by atoms with E-state index in [9.17, 15) is 4.79 Å². The Labute approximate surface area is 146 Å². The maximum atomic E-state index is 12.1. The van der Waals surface area contributed by atoms with Crippen LogP contribution in [-0.4, -0.2) is 21.0 Å². The molecule has 0 aliphatic rings. The maximum Gasteiger partial charge on any atom is 0.226 e.